The summed E-state index contributed by atoms with van der Waals surface area (Å²) in [5, 5.41) is 8.74. The Morgan fingerprint density at radius 1 is 1.17 bits per heavy atom. The summed E-state index contributed by atoms with van der Waals surface area (Å²) in [7, 11) is 0. The average molecular weight is 395 g/mol. The van der Waals surface area contributed by atoms with E-state index in [2.05, 4.69) is 20.1 Å². The highest BCUT2D eigenvalue weighted by Crippen LogP contribution is 2.26. The molecule has 0 atom stereocenters. The number of hydrogen-bond acceptors (Lipinski definition) is 5. The lowest BCUT2D eigenvalue weighted by Crippen LogP contribution is -2.42. The Bertz CT molecular complexity index is 1110. The Kier molecular flexibility index (Phi) is 4.46. The van der Waals surface area contributed by atoms with Crippen molar-refractivity contribution in [3.05, 3.63) is 46.1 Å². The molecule has 3 aromatic heterocycles. The maximum atomic E-state index is 13.2. The zero-order chi connectivity index (χ0) is 20.0. The predicted molar refractivity (Wildman–Crippen MR) is 107 cm³/mol. The van der Waals surface area contributed by atoms with Gasteiger partial charge < -0.3 is 4.90 Å². The lowest BCUT2D eigenvalue weighted by Gasteiger charge is -2.36. The van der Waals surface area contributed by atoms with Crippen LogP contribution in [-0.2, 0) is 0 Å². The molecule has 2 fully saturated rings. The van der Waals surface area contributed by atoms with Crippen molar-refractivity contribution in [3.8, 4) is 5.95 Å². The summed E-state index contributed by atoms with van der Waals surface area (Å²) < 4.78 is 3.03. The largest absolute Gasteiger partial charge is 0.337 e. The van der Waals surface area contributed by atoms with E-state index in [4.69, 9.17) is 0 Å². The molecule has 0 unspecified atom stereocenters. The van der Waals surface area contributed by atoms with Gasteiger partial charge in [0.15, 0.2) is 0 Å². The van der Waals surface area contributed by atoms with Crippen LogP contribution in [0.25, 0.3) is 11.5 Å². The Balaban J connectivity index is 1.38. The number of carbonyl (C=O) groups is 1. The van der Waals surface area contributed by atoms with Gasteiger partial charge in [0.25, 0.3) is 11.5 Å². The number of aromatic nitrogens is 5. The van der Waals surface area contributed by atoms with Crippen LogP contribution in [0.3, 0.4) is 0 Å². The summed E-state index contributed by atoms with van der Waals surface area (Å²) in [6.07, 6.45) is 8.19. The number of carbonyl (C=O) groups excluding carboxylic acids is 1. The lowest BCUT2D eigenvalue weighted by molar-refractivity contribution is 0.0749. The molecule has 0 aromatic carbocycles. The highest BCUT2D eigenvalue weighted by atomic mass is 16.2. The number of fused-ring (bicyclic) bond motifs is 1. The Labute approximate surface area is 167 Å². The summed E-state index contributed by atoms with van der Waals surface area (Å²) in [6, 6.07) is 4.17. The minimum Gasteiger partial charge on any atom is -0.337 e. The SMILES string of the molecule is Cc1c(C(=O)N2CCCN(C3CCC3)CC2)cnn1-c1nn2cccc2c(=O)[nH]1. The quantitative estimate of drug-likeness (QED) is 0.720. The molecule has 29 heavy (non-hydrogen) atoms. The molecule has 0 radical (unpaired) electrons. The fourth-order valence-electron chi connectivity index (χ4n) is 4.29. The first-order valence-electron chi connectivity index (χ1n) is 10.3. The molecular weight excluding hydrogens is 370 g/mol. The summed E-state index contributed by atoms with van der Waals surface area (Å²) >= 11 is 0. The maximum Gasteiger partial charge on any atom is 0.276 e. The molecule has 1 amide bonds. The van der Waals surface area contributed by atoms with Crippen molar-refractivity contribution < 1.29 is 4.79 Å². The van der Waals surface area contributed by atoms with Crippen LogP contribution < -0.4 is 5.56 Å². The fraction of sp³-hybridized carbons (Fsp3) is 0.500. The number of H-pyrrole nitrogens is 1. The average Bonchev–Trinajstić information content (AvgIpc) is 3.21. The van der Waals surface area contributed by atoms with Crippen molar-refractivity contribution >= 4 is 11.4 Å². The van der Waals surface area contributed by atoms with E-state index in [-0.39, 0.29) is 11.5 Å². The van der Waals surface area contributed by atoms with E-state index in [1.165, 1.54) is 28.5 Å². The van der Waals surface area contributed by atoms with Crippen molar-refractivity contribution in [2.45, 2.75) is 38.6 Å². The number of aromatic amines is 1. The van der Waals surface area contributed by atoms with Crippen molar-refractivity contribution in [3.63, 3.8) is 0 Å². The van der Waals surface area contributed by atoms with Crippen molar-refractivity contribution in [2.75, 3.05) is 26.2 Å². The number of nitrogens with one attached hydrogen (secondary N) is 1. The van der Waals surface area contributed by atoms with Gasteiger partial charge in [-0.2, -0.15) is 5.10 Å². The van der Waals surface area contributed by atoms with Crippen LogP contribution >= 0.6 is 0 Å². The first-order valence-corrected chi connectivity index (χ1v) is 10.3. The van der Waals surface area contributed by atoms with Gasteiger partial charge in [0.2, 0.25) is 5.95 Å². The molecule has 4 heterocycles. The van der Waals surface area contributed by atoms with Crippen LogP contribution in [-0.4, -0.2) is 72.3 Å². The summed E-state index contributed by atoms with van der Waals surface area (Å²) in [6.45, 7) is 5.33. The van der Waals surface area contributed by atoms with E-state index >= 15 is 0 Å². The van der Waals surface area contributed by atoms with Gasteiger partial charge in [-0.15, -0.1) is 5.10 Å². The van der Waals surface area contributed by atoms with Crippen LogP contribution in [0.15, 0.2) is 29.3 Å². The Hall–Kier alpha value is -2.94. The molecule has 5 rings (SSSR count). The third kappa shape index (κ3) is 3.15. The second kappa shape index (κ2) is 7.14. The zero-order valence-electron chi connectivity index (χ0n) is 16.5. The van der Waals surface area contributed by atoms with Gasteiger partial charge in [-0.1, -0.05) is 6.42 Å². The maximum absolute atomic E-state index is 13.2. The van der Waals surface area contributed by atoms with Crippen LogP contribution in [0, 0.1) is 6.92 Å². The molecule has 1 N–H and O–H groups in total. The molecule has 0 spiro atoms. The monoisotopic (exact) mass is 395 g/mol. The van der Waals surface area contributed by atoms with Gasteiger partial charge in [-0.25, -0.2) is 9.20 Å². The topological polar surface area (TPSA) is 91.5 Å². The molecule has 1 aliphatic heterocycles. The van der Waals surface area contributed by atoms with E-state index < -0.39 is 0 Å². The van der Waals surface area contributed by atoms with Crippen LogP contribution in [0.2, 0.25) is 0 Å². The zero-order valence-corrected chi connectivity index (χ0v) is 16.5. The molecule has 152 valence electrons. The van der Waals surface area contributed by atoms with Crippen molar-refractivity contribution in [1.29, 1.82) is 0 Å². The van der Waals surface area contributed by atoms with Gasteiger partial charge in [0.1, 0.15) is 5.52 Å². The summed E-state index contributed by atoms with van der Waals surface area (Å²) in [5.41, 5.74) is 1.45. The summed E-state index contributed by atoms with van der Waals surface area (Å²) in [4.78, 5) is 32.6. The number of hydrogen-bond donors (Lipinski definition) is 1. The van der Waals surface area contributed by atoms with Crippen LogP contribution in [0.1, 0.15) is 41.7 Å². The number of amides is 1. The van der Waals surface area contributed by atoms with Gasteiger partial charge in [0, 0.05) is 38.4 Å². The first-order chi connectivity index (χ1) is 14.1. The van der Waals surface area contributed by atoms with Gasteiger partial charge in [0.05, 0.1) is 17.5 Å². The number of nitrogens with zero attached hydrogens (tertiary/aromatic N) is 6. The molecule has 3 aromatic rings. The van der Waals surface area contributed by atoms with Crippen LogP contribution in [0.4, 0.5) is 0 Å². The molecule has 2 aliphatic rings. The van der Waals surface area contributed by atoms with Gasteiger partial charge in [-0.3, -0.25) is 19.5 Å². The van der Waals surface area contributed by atoms with E-state index in [9.17, 15) is 9.59 Å². The normalized spacial score (nSPS) is 18.7. The van der Waals surface area contributed by atoms with Gasteiger partial charge >= 0.3 is 0 Å². The molecular formula is C20H25N7O2. The molecule has 9 heteroatoms. The van der Waals surface area contributed by atoms with E-state index in [0.29, 0.717) is 28.8 Å². The summed E-state index contributed by atoms with van der Waals surface area (Å²) in [5.74, 6) is 0.288. The van der Waals surface area contributed by atoms with E-state index in [0.717, 1.165) is 32.6 Å². The van der Waals surface area contributed by atoms with Crippen molar-refractivity contribution in [1.82, 2.24) is 34.2 Å². The highest BCUT2D eigenvalue weighted by molar-refractivity contribution is 5.95. The predicted octanol–water partition coefficient (Wildman–Crippen LogP) is 1.22. The highest BCUT2D eigenvalue weighted by Gasteiger charge is 2.29. The molecule has 0 bridgehead atoms. The Morgan fingerprint density at radius 3 is 2.83 bits per heavy atom. The van der Waals surface area contributed by atoms with Gasteiger partial charge in [-0.05, 0) is 38.3 Å². The minimum absolute atomic E-state index is 0.00593. The molecule has 9 nitrogen and oxygen atoms in total. The third-order valence-corrected chi connectivity index (χ3v) is 6.24. The second-order valence-corrected chi connectivity index (χ2v) is 7.94. The van der Waals surface area contributed by atoms with Crippen LogP contribution in [0.5, 0.6) is 0 Å². The Morgan fingerprint density at radius 2 is 2.03 bits per heavy atom. The van der Waals surface area contributed by atoms with E-state index in [1.807, 2.05) is 11.8 Å². The first kappa shape index (κ1) is 18.1. The van der Waals surface area contributed by atoms with Crippen molar-refractivity contribution in [2.24, 2.45) is 0 Å². The minimum atomic E-state index is -0.244. The number of rotatable bonds is 3. The molecule has 1 saturated heterocycles. The molecule has 1 saturated carbocycles. The third-order valence-electron chi connectivity index (χ3n) is 6.24. The smallest absolute Gasteiger partial charge is 0.276 e. The van der Waals surface area contributed by atoms with E-state index in [1.54, 1.807) is 24.5 Å². The fourth-order valence-corrected chi connectivity index (χ4v) is 4.29. The molecule has 1 aliphatic carbocycles. The second-order valence-electron chi connectivity index (χ2n) is 7.94. The lowest BCUT2D eigenvalue weighted by atomic mass is 9.91. The standard InChI is InChI=1S/C20H25N7O2/c1-14-16(19(29)25-9-4-8-24(11-12-25)15-5-2-6-15)13-21-27(14)20-22-18(28)17-7-3-10-26(17)23-20/h3,7,10,13,15H,2,4-6,8-9,11-12H2,1H3,(H,22,23,28).